The highest BCUT2D eigenvalue weighted by atomic mass is 32.1. The normalized spacial score (nSPS) is 17.4. The van der Waals surface area contributed by atoms with Crippen molar-refractivity contribution in [2.45, 2.75) is 38.3 Å². The van der Waals surface area contributed by atoms with E-state index in [0.29, 0.717) is 12.1 Å². The van der Waals surface area contributed by atoms with Crippen molar-refractivity contribution in [3.63, 3.8) is 0 Å². The van der Waals surface area contributed by atoms with Gasteiger partial charge < -0.3 is 10.1 Å². The van der Waals surface area contributed by atoms with Gasteiger partial charge in [-0.15, -0.1) is 11.3 Å². The topological polar surface area (TPSA) is 21.3 Å². The Morgan fingerprint density at radius 1 is 1.24 bits per heavy atom. The molecule has 1 aliphatic rings. The Balaban J connectivity index is 1.66. The molecule has 1 fully saturated rings. The van der Waals surface area contributed by atoms with Gasteiger partial charge in [0, 0.05) is 17.0 Å². The van der Waals surface area contributed by atoms with Gasteiger partial charge in [0.25, 0.3) is 0 Å². The smallest absolute Gasteiger partial charge is 0.122 e. The molecule has 21 heavy (non-hydrogen) atoms. The molecule has 1 saturated carbocycles. The van der Waals surface area contributed by atoms with Crippen LogP contribution in [0.4, 0.5) is 0 Å². The standard InChI is InChI=1S/C18H23NOS/c1-13(12-15-6-3-4-7-16(15)20-2)19-18(14-9-10-14)17-8-5-11-21-17/h3-8,11,13-14,18-19H,9-10,12H2,1-2H3. The molecule has 112 valence electrons. The zero-order valence-corrected chi connectivity index (χ0v) is 13.5. The first-order valence-electron chi connectivity index (χ1n) is 7.69. The van der Waals surface area contributed by atoms with Crippen LogP contribution in [0.25, 0.3) is 0 Å². The lowest BCUT2D eigenvalue weighted by atomic mass is 10.0. The first-order valence-corrected chi connectivity index (χ1v) is 8.57. The highest BCUT2D eigenvalue weighted by Gasteiger charge is 2.33. The van der Waals surface area contributed by atoms with Crippen LogP contribution in [-0.2, 0) is 6.42 Å². The van der Waals surface area contributed by atoms with Crippen molar-refractivity contribution in [1.29, 1.82) is 0 Å². The van der Waals surface area contributed by atoms with Crippen molar-refractivity contribution in [1.82, 2.24) is 5.32 Å². The maximum Gasteiger partial charge on any atom is 0.122 e. The van der Waals surface area contributed by atoms with E-state index in [4.69, 9.17) is 4.74 Å². The van der Waals surface area contributed by atoms with Gasteiger partial charge in [-0.25, -0.2) is 0 Å². The summed E-state index contributed by atoms with van der Waals surface area (Å²) in [4.78, 5) is 1.48. The molecule has 3 rings (SSSR count). The summed E-state index contributed by atoms with van der Waals surface area (Å²) in [6.45, 7) is 2.27. The lowest BCUT2D eigenvalue weighted by molar-refractivity contribution is 0.395. The van der Waals surface area contributed by atoms with Crippen molar-refractivity contribution >= 4 is 11.3 Å². The van der Waals surface area contributed by atoms with E-state index >= 15 is 0 Å². The second-order valence-corrected chi connectivity index (χ2v) is 6.89. The van der Waals surface area contributed by atoms with Crippen molar-refractivity contribution in [3.05, 3.63) is 52.2 Å². The molecular formula is C18H23NOS. The first kappa shape index (κ1) is 14.6. The van der Waals surface area contributed by atoms with Gasteiger partial charge in [0.15, 0.2) is 0 Å². The number of ether oxygens (including phenoxy) is 1. The fourth-order valence-corrected chi connectivity index (χ4v) is 3.79. The number of hydrogen-bond acceptors (Lipinski definition) is 3. The quantitative estimate of drug-likeness (QED) is 0.817. The van der Waals surface area contributed by atoms with E-state index in [9.17, 15) is 0 Å². The zero-order valence-electron chi connectivity index (χ0n) is 12.7. The maximum atomic E-state index is 5.46. The molecule has 0 radical (unpaired) electrons. The van der Waals surface area contributed by atoms with Crippen LogP contribution in [0.1, 0.15) is 36.2 Å². The van der Waals surface area contributed by atoms with Gasteiger partial charge in [0.1, 0.15) is 5.75 Å². The molecule has 1 N–H and O–H groups in total. The zero-order chi connectivity index (χ0) is 14.7. The molecule has 0 amide bonds. The SMILES string of the molecule is COc1ccccc1CC(C)NC(c1cccs1)C1CC1. The summed E-state index contributed by atoms with van der Waals surface area (Å²) >= 11 is 1.87. The molecule has 3 heteroatoms. The molecule has 1 aromatic heterocycles. The lowest BCUT2D eigenvalue weighted by Crippen LogP contribution is -2.33. The van der Waals surface area contributed by atoms with Gasteiger partial charge >= 0.3 is 0 Å². The molecule has 2 unspecified atom stereocenters. The van der Waals surface area contributed by atoms with E-state index in [1.54, 1.807) is 7.11 Å². The second-order valence-electron chi connectivity index (χ2n) is 5.91. The van der Waals surface area contributed by atoms with Crippen LogP contribution in [0.3, 0.4) is 0 Å². The van der Waals surface area contributed by atoms with Crippen LogP contribution >= 0.6 is 11.3 Å². The summed E-state index contributed by atoms with van der Waals surface area (Å²) in [5.41, 5.74) is 1.28. The molecule has 2 atom stereocenters. The minimum absolute atomic E-state index is 0.439. The van der Waals surface area contributed by atoms with Gasteiger partial charge in [-0.2, -0.15) is 0 Å². The van der Waals surface area contributed by atoms with Crippen LogP contribution in [0.5, 0.6) is 5.75 Å². The summed E-state index contributed by atoms with van der Waals surface area (Å²) in [6, 6.07) is 13.7. The van der Waals surface area contributed by atoms with E-state index in [2.05, 4.69) is 41.9 Å². The third kappa shape index (κ3) is 3.66. The lowest BCUT2D eigenvalue weighted by Gasteiger charge is -2.23. The highest BCUT2D eigenvalue weighted by Crippen LogP contribution is 2.42. The van der Waals surface area contributed by atoms with E-state index in [1.807, 2.05) is 23.5 Å². The number of benzene rings is 1. The Labute approximate surface area is 131 Å². The number of para-hydroxylation sites is 1. The predicted molar refractivity (Wildman–Crippen MR) is 89.1 cm³/mol. The third-order valence-corrected chi connectivity index (χ3v) is 5.08. The molecule has 1 aromatic carbocycles. The van der Waals surface area contributed by atoms with E-state index in [0.717, 1.165) is 18.1 Å². The summed E-state index contributed by atoms with van der Waals surface area (Å²) in [7, 11) is 1.75. The fraction of sp³-hybridized carbons (Fsp3) is 0.444. The molecule has 0 bridgehead atoms. The number of methoxy groups -OCH3 is 1. The van der Waals surface area contributed by atoms with Crippen molar-refractivity contribution in [2.24, 2.45) is 5.92 Å². The largest absolute Gasteiger partial charge is 0.496 e. The van der Waals surface area contributed by atoms with Crippen molar-refractivity contribution in [2.75, 3.05) is 7.11 Å². The Kier molecular flexibility index (Phi) is 4.61. The van der Waals surface area contributed by atoms with Gasteiger partial charge in [0.2, 0.25) is 0 Å². The molecule has 0 saturated heterocycles. The fourth-order valence-electron chi connectivity index (χ4n) is 2.92. The van der Waals surface area contributed by atoms with E-state index in [1.165, 1.54) is 23.3 Å². The van der Waals surface area contributed by atoms with Crippen LogP contribution in [-0.4, -0.2) is 13.2 Å². The average molecular weight is 301 g/mol. The Hall–Kier alpha value is -1.32. The van der Waals surface area contributed by atoms with E-state index in [-0.39, 0.29) is 0 Å². The molecule has 2 nitrogen and oxygen atoms in total. The molecule has 1 aliphatic carbocycles. The number of thiophene rings is 1. The summed E-state index contributed by atoms with van der Waals surface area (Å²) in [5.74, 6) is 1.81. The highest BCUT2D eigenvalue weighted by molar-refractivity contribution is 7.10. The molecule has 2 aromatic rings. The summed E-state index contributed by atoms with van der Waals surface area (Å²) in [5, 5.41) is 6.01. The second kappa shape index (κ2) is 6.63. The monoisotopic (exact) mass is 301 g/mol. The Morgan fingerprint density at radius 2 is 2.05 bits per heavy atom. The number of nitrogens with one attached hydrogen (secondary N) is 1. The predicted octanol–water partition coefficient (Wildman–Crippen LogP) is 4.43. The Morgan fingerprint density at radius 3 is 2.71 bits per heavy atom. The molecule has 1 heterocycles. The average Bonchev–Trinajstić information content (AvgIpc) is 3.19. The van der Waals surface area contributed by atoms with Crippen LogP contribution < -0.4 is 10.1 Å². The van der Waals surface area contributed by atoms with Gasteiger partial charge in [-0.05, 0) is 55.2 Å². The third-order valence-electron chi connectivity index (χ3n) is 4.13. The molecule has 0 spiro atoms. The minimum Gasteiger partial charge on any atom is -0.496 e. The van der Waals surface area contributed by atoms with Crippen molar-refractivity contribution < 1.29 is 4.74 Å². The van der Waals surface area contributed by atoms with Crippen molar-refractivity contribution in [3.8, 4) is 5.75 Å². The Bertz CT molecular complexity index is 562. The summed E-state index contributed by atoms with van der Waals surface area (Å²) in [6.07, 6.45) is 3.71. The van der Waals surface area contributed by atoms with E-state index < -0.39 is 0 Å². The number of rotatable bonds is 7. The summed E-state index contributed by atoms with van der Waals surface area (Å²) < 4.78 is 5.46. The van der Waals surface area contributed by atoms with Crippen LogP contribution in [0, 0.1) is 5.92 Å². The number of hydrogen-bond donors (Lipinski definition) is 1. The van der Waals surface area contributed by atoms with Gasteiger partial charge in [-0.3, -0.25) is 0 Å². The van der Waals surface area contributed by atoms with Crippen LogP contribution in [0.2, 0.25) is 0 Å². The molecular weight excluding hydrogens is 278 g/mol. The van der Waals surface area contributed by atoms with Gasteiger partial charge in [0.05, 0.1) is 7.11 Å². The first-order chi connectivity index (χ1) is 10.3. The maximum absolute atomic E-state index is 5.46. The molecule has 0 aliphatic heterocycles. The minimum atomic E-state index is 0.439. The van der Waals surface area contributed by atoms with Gasteiger partial charge in [-0.1, -0.05) is 24.3 Å². The van der Waals surface area contributed by atoms with Crippen LogP contribution in [0.15, 0.2) is 41.8 Å².